The second-order valence-electron chi connectivity index (χ2n) is 8.91. The zero-order valence-corrected chi connectivity index (χ0v) is 20.9. The zero-order chi connectivity index (χ0) is 23.4. The van der Waals surface area contributed by atoms with E-state index in [4.69, 9.17) is 4.74 Å². The second-order valence-corrected chi connectivity index (χ2v) is 11.0. The topological polar surface area (TPSA) is 92.8 Å². The van der Waals surface area contributed by atoms with Crippen molar-refractivity contribution in [1.29, 1.82) is 0 Å². The molecule has 7 nitrogen and oxygen atoms in total. The largest absolute Gasteiger partial charge is 0.454 e. The van der Waals surface area contributed by atoms with Crippen molar-refractivity contribution in [1.82, 2.24) is 4.90 Å². The van der Waals surface area contributed by atoms with Crippen molar-refractivity contribution in [2.24, 2.45) is 23.7 Å². The highest BCUT2D eigenvalue weighted by Gasteiger charge is 2.67. The number of rotatable bonds is 5. The fourth-order valence-corrected chi connectivity index (χ4v) is 7.51. The van der Waals surface area contributed by atoms with Gasteiger partial charge in [0.2, 0.25) is 11.8 Å². The van der Waals surface area contributed by atoms with Crippen LogP contribution in [-0.4, -0.2) is 50.9 Å². The summed E-state index contributed by atoms with van der Waals surface area (Å²) in [4.78, 5) is 52.5. The summed E-state index contributed by atoms with van der Waals surface area (Å²) in [5, 5.41) is 4.60. The Balaban J connectivity index is 1.22. The van der Waals surface area contributed by atoms with Gasteiger partial charge in [0.25, 0.3) is 5.91 Å². The van der Waals surface area contributed by atoms with Crippen molar-refractivity contribution in [3.63, 3.8) is 0 Å². The van der Waals surface area contributed by atoms with Crippen LogP contribution in [-0.2, 0) is 23.9 Å². The van der Waals surface area contributed by atoms with Gasteiger partial charge in [-0.3, -0.25) is 19.3 Å². The number of alkyl halides is 2. The zero-order valence-electron chi connectivity index (χ0n) is 17.7. The number of carbonyl (C=O) groups is 4. The highest BCUT2D eigenvalue weighted by Crippen LogP contribution is 2.60. The summed E-state index contributed by atoms with van der Waals surface area (Å²) in [6.07, 6.45) is 0.819. The molecule has 2 aromatic rings. The first kappa shape index (κ1) is 22.5. The Morgan fingerprint density at radius 3 is 2.30 bits per heavy atom. The minimum absolute atomic E-state index is 0.0699. The molecule has 3 fully saturated rings. The molecule has 1 N–H and O–H groups in total. The number of esters is 1. The van der Waals surface area contributed by atoms with Crippen LogP contribution in [0.25, 0.3) is 10.8 Å². The predicted octanol–water partition coefficient (Wildman–Crippen LogP) is 3.49. The Morgan fingerprint density at radius 1 is 1.03 bits per heavy atom. The Labute approximate surface area is 207 Å². The SMILES string of the molecule is C[C@H](C(=O)OCC(=O)Nc1cccc2ccccc12)N1C(=O)[C@@H]2[C@H]3C[C@@H]([C@H](Br)[C@H]3Br)[C@H]2C1=O. The van der Waals surface area contributed by atoms with E-state index in [1.54, 1.807) is 6.07 Å². The van der Waals surface area contributed by atoms with Crippen LogP contribution in [0.15, 0.2) is 42.5 Å². The van der Waals surface area contributed by atoms with E-state index in [2.05, 4.69) is 37.2 Å². The van der Waals surface area contributed by atoms with Gasteiger partial charge in [-0.05, 0) is 36.6 Å². The monoisotopic (exact) mass is 576 g/mol. The Kier molecular flexibility index (Phi) is 5.81. The maximum atomic E-state index is 13.1. The summed E-state index contributed by atoms with van der Waals surface area (Å²) >= 11 is 7.30. The number of nitrogens with zero attached hydrogens (tertiary/aromatic N) is 1. The van der Waals surface area contributed by atoms with E-state index in [0.29, 0.717) is 5.69 Å². The van der Waals surface area contributed by atoms with Gasteiger partial charge in [-0.15, -0.1) is 0 Å². The number of hydrogen-bond acceptors (Lipinski definition) is 5. The smallest absolute Gasteiger partial charge is 0.329 e. The molecule has 1 saturated heterocycles. The third-order valence-corrected chi connectivity index (χ3v) is 10.4. The van der Waals surface area contributed by atoms with Crippen molar-refractivity contribution >= 4 is 72.0 Å². The molecule has 5 rings (SSSR count). The average molecular weight is 578 g/mol. The van der Waals surface area contributed by atoms with Gasteiger partial charge < -0.3 is 10.1 Å². The standard InChI is InChI=1S/C24H22Br2N2O5/c1-11(28-22(30)18-14-9-15(19(18)23(28)31)21(26)20(14)25)24(32)33-10-17(29)27-16-8-4-6-12-5-2-3-7-13(12)16/h2-8,11,14-15,18-21H,9-10H2,1H3,(H,27,29)/t11-,14-,15-,18-,19-,20+,21+/m1/s1. The molecule has 172 valence electrons. The fourth-order valence-electron chi connectivity index (χ4n) is 5.64. The van der Waals surface area contributed by atoms with Gasteiger partial charge in [-0.2, -0.15) is 0 Å². The van der Waals surface area contributed by atoms with Crippen molar-refractivity contribution in [2.75, 3.05) is 11.9 Å². The lowest BCUT2D eigenvalue weighted by Gasteiger charge is -2.28. The van der Waals surface area contributed by atoms with Gasteiger partial charge in [0, 0.05) is 20.7 Å². The number of hydrogen-bond donors (Lipinski definition) is 1. The summed E-state index contributed by atoms with van der Waals surface area (Å²) in [5.41, 5.74) is 0.615. The van der Waals surface area contributed by atoms with Crippen LogP contribution >= 0.6 is 31.9 Å². The summed E-state index contributed by atoms with van der Waals surface area (Å²) in [6, 6.07) is 12.1. The highest BCUT2D eigenvalue weighted by atomic mass is 79.9. The molecular formula is C24H22Br2N2O5. The number of imide groups is 1. The molecule has 0 aromatic heterocycles. The first-order valence-electron chi connectivity index (χ1n) is 10.9. The van der Waals surface area contributed by atoms with Crippen molar-refractivity contribution in [3.05, 3.63) is 42.5 Å². The van der Waals surface area contributed by atoms with Crippen molar-refractivity contribution < 1.29 is 23.9 Å². The highest BCUT2D eigenvalue weighted by molar-refractivity contribution is 9.12. The molecule has 1 heterocycles. The number of carbonyl (C=O) groups excluding carboxylic acids is 4. The van der Waals surface area contributed by atoms with Gasteiger partial charge in [0.05, 0.1) is 11.8 Å². The number of halogens is 2. The van der Waals surface area contributed by atoms with E-state index in [1.165, 1.54) is 6.92 Å². The quantitative estimate of drug-likeness (QED) is 0.334. The van der Waals surface area contributed by atoms with Crippen LogP contribution in [0.2, 0.25) is 0 Å². The Hall–Kier alpha value is -2.26. The van der Waals surface area contributed by atoms with Crippen LogP contribution in [0.4, 0.5) is 5.69 Å². The van der Waals surface area contributed by atoms with Crippen LogP contribution in [0, 0.1) is 23.7 Å². The molecule has 2 aliphatic carbocycles. The lowest BCUT2D eigenvalue weighted by atomic mass is 9.81. The number of fused-ring (bicyclic) bond motifs is 6. The molecule has 1 aliphatic heterocycles. The third kappa shape index (κ3) is 3.60. The van der Waals surface area contributed by atoms with E-state index in [9.17, 15) is 19.2 Å². The number of anilines is 1. The molecule has 2 aromatic carbocycles. The summed E-state index contributed by atoms with van der Waals surface area (Å²) in [7, 11) is 0. The minimum Gasteiger partial charge on any atom is -0.454 e. The number of benzene rings is 2. The van der Waals surface area contributed by atoms with Gasteiger partial charge in [0.15, 0.2) is 6.61 Å². The number of likely N-dealkylation sites (tertiary alicyclic amines) is 1. The van der Waals surface area contributed by atoms with E-state index >= 15 is 0 Å². The number of amides is 3. The molecule has 33 heavy (non-hydrogen) atoms. The third-order valence-electron chi connectivity index (χ3n) is 7.16. The van der Waals surface area contributed by atoms with Crippen molar-refractivity contribution in [3.8, 4) is 0 Å². The van der Waals surface area contributed by atoms with E-state index in [-0.39, 0.29) is 33.3 Å². The summed E-state index contributed by atoms with van der Waals surface area (Å²) < 4.78 is 5.18. The van der Waals surface area contributed by atoms with E-state index in [1.807, 2.05) is 36.4 Å². The van der Waals surface area contributed by atoms with Crippen LogP contribution in [0.1, 0.15) is 13.3 Å². The molecule has 3 aliphatic rings. The molecule has 0 radical (unpaired) electrons. The van der Waals surface area contributed by atoms with E-state index in [0.717, 1.165) is 22.1 Å². The average Bonchev–Trinajstić information content (AvgIpc) is 3.42. The first-order chi connectivity index (χ1) is 15.8. The Bertz CT molecular complexity index is 1130. The maximum absolute atomic E-state index is 13.1. The lowest BCUT2D eigenvalue weighted by Crippen LogP contribution is -2.45. The van der Waals surface area contributed by atoms with Crippen LogP contribution in [0.5, 0.6) is 0 Å². The molecule has 9 heteroatoms. The second kappa shape index (κ2) is 8.51. The molecule has 7 atom stereocenters. The van der Waals surface area contributed by atoms with Crippen LogP contribution < -0.4 is 5.32 Å². The van der Waals surface area contributed by atoms with Crippen LogP contribution in [0.3, 0.4) is 0 Å². The van der Waals surface area contributed by atoms with Gasteiger partial charge in [-0.1, -0.05) is 68.3 Å². The van der Waals surface area contributed by atoms with Gasteiger partial charge >= 0.3 is 5.97 Å². The molecule has 2 bridgehead atoms. The molecule has 3 amide bonds. The van der Waals surface area contributed by atoms with Gasteiger partial charge in [0.1, 0.15) is 6.04 Å². The first-order valence-corrected chi connectivity index (χ1v) is 12.7. The predicted molar refractivity (Wildman–Crippen MR) is 129 cm³/mol. The fraction of sp³-hybridized carbons (Fsp3) is 0.417. The normalized spacial score (nSPS) is 31.1. The summed E-state index contributed by atoms with van der Waals surface area (Å²) in [6.45, 7) is 0.967. The number of ether oxygens (including phenoxy) is 1. The molecular weight excluding hydrogens is 556 g/mol. The molecule has 2 saturated carbocycles. The Morgan fingerprint density at radius 2 is 1.64 bits per heavy atom. The molecule has 0 unspecified atom stereocenters. The minimum atomic E-state index is -1.08. The molecule has 0 spiro atoms. The summed E-state index contributed by atoms with van der Waals surface area (Å²) in [5.74, 6) is -2.55. The van der Waals surface area contributed by atoms with Gasteiger partial charge in [-0.25, -0.2) is 4.79 Å². The van der Waals surface area contributed by atoms with Crippen molar-refractivity contribution in [2.45, 2.75) is 29.0 Å². The number of nitrogens with one attached hydrogen (secondary N) is 1. The lowest BCUT2D eigenvalue weighted by molar-refractivity contribution is -0.159. The van der Waals surface area contributed by atoms with E-state index < -0.39 is 36.4 Å². The maximum Gasteiger partial charge on any atom is 0.329 e.